The summed E-state index contributed by atoms with van der Waals surface area (Å²) in [6.07, 6.45) is -0.656. The van der Waals surface area contributed by atoms with Crippen molar-refractivity contribution in [2.45, 2.75) is 20.0 Å². The van der Waals surface area contributed by atoms with E-state index in [0.29, 0.717) is 0 Å². The van der Waals surface area contributed by atoms with Gasteiger partial charge in [0, 0.05) is 0 Å². The maximum absolute atomic E-state index is 9.80. The summed E-state index contributed by atoms with van der Waals surface area (Å²) in [6.45, 7) is 7.25. The SMILES string of the molecule is CC[NH+](CC)CC#C[C@@H](O)c1ccccc1. The number of hydrogen-bond donors (Lipinski definition) is 2. The Labute approximate surface area is 97.9 Å². The van der Waals surface area contributed by atoms with Crippen LogP contribution in [0.15, 0.2) is 30.3 Å². The Balaban J connectivity index is 2.51. The molecule has 0 amide bonds. The molecule has 1 aromatic rings. The molecule has 0 aromatic heterocycles. The Bertz CT molecular complexity index is 346. The van der Waals surface area contributed by atoms with Gasteiger partial charge in [-0.1, -0.05) is 36.3 Å². The number of benzene rings is 1. The molecule has 2 heteroatoms. The van der Waals surface area contributed by atoms with Gasteiger partial charge in [-0.15, -0.1) is 0 Å². The quantitative estimate of drug-likeness (QED) is 0.713. The second kappa shape index (κ2) is 7.05. The fourth-order valence-corrected chi connectivity index (χ4v) is 1.49. The van der Waals surface area contributed by atoms with Crippen molar-refractivity contribution in [1.82, 2.24) is 0 Å². The zero-order valence-electron chi connectivity index (χ0n) is 10.0. The summed E-state index contributed by atoms with van der Waals surface area (Å²) >= 11 is 0. The largest absolute Gasteiger partial charge is 0.376 e. The molecular weight excluding hydrogens is 198 g/mol. The number of aliphatic hydroxyl groups is 1. The van der Waals surface area contributed by atoms with Crippen LogP contribution < -0.4 is 4.90 Å². The molecule has 16 heavy (non-hydrogen) atoms. The first kappa shape index (κ1) is 12.8. The molecule has 0 bridgehead atoms. The minimum absolute atomic E-state index is 0.656. The van der Waals surface area contributed by atoms with E-state index >= 15 is 0 Å². The van der Waals surface area contributed by atoms with Crippen LogP contribution in [0.3, 0.4) is 0 Å². The van der Waals surface area contributed by atoms with Crippen LogP contribution in [0.2, 0.25) is 0 Å². The van der Waals surface area contributed by atoms with Crippen molar-refractivity contribution in [2.75, 3.05) is 19.6 Å². The van der Waals surface area contributed by atoms with Crippen LogP contribution >= 0.6 is 0 Å². The molecule has 0 aliphatic rings. The summed E-state index contributed by atoms with van der Waals surface area (Å²) in [4.78, 5) is 1.44. The molecule has 0 fully saturated rings. The molecule has 1 rings (SSSR count). The van der Waals surface area contributed by atoms with Gasteiger partial charge in [0.25, 0.3) is 0 Å². The molecule has 0 heterocycles. The lowest BCUT2D eigenvalue weighted by Crippen LogP contribution is -3.11. The lowest BCUT2D eigenvalue weighted by Gasteiger charge is -2.10. The molecule has 2 nitrogen and oxygen atoms in total. The van der Waals surface area contributed by atoms with Gasteiger partial charge >= 0.3 is 0 Å². The van der Waals surface area contributed by atoms with Crippen LogP contribution in [0.5, 0.6) is 0 Å². The first-order valence-electron chi connectivity index (χ1n) is 5.82. The van der Waals surface area contributed by atoms with Gasteiger partial charge in [0.1, 0.15) is 12.6 Å². The molecule has 86 valence electrons. The van der Waals surface area contributed by atoms with E-state index in [2.05, 4.69) is 25.7 Å². The molecule has 0 spiro atoms. The number of quaternary nitrogens is 1. The normalized spacial score (nSPS) is 12.0. The van der Waals surface area contributed by atoms with Crippen LogP contribution in [0.4, 0.5) is 0 Å². The van der Waals surface area contributed by atoms with Crippen molar-refractivity contribution in [3.05, 3.63) is 35.9 Å². The predicted octanol–water partition coefficient (Wildman–Crippen LogP) is 0.648. The summed E-state index contributed by atoms with van der Waals surface area (Å²) in [6, 6.07) is 9.54. The molecule has 0 unspecified atom stereocenters. The minimum atomic E-state index is -0.656. The van der Waals surface area contributed by atoms with Crippen LogP contribution in [-0.4, -0.2) is 24.7 Å². The van der Waals surface area contributed by atoms with Crippen molar-refractivity contribution in [3.8, 4) is 11.8 Å². The van der Waals surface area contributed by atoms with E-state index in [1.54, 1.807) is 0 Å². The van der Waals surface area contributed by atoms with Gasteiger partial charge in [0.2, 0.25) is 0 Å². The van der Waals surface area contributed by atoms with Gasteiger partial charge < -0.3 is 10.0 Å². The molecule has 0 saturated heterocycles. The highest BCUT2D eigenvalue weighted by molar-refractivity contribution is 5.24. The molecule has 0 radical (unpaired) electrons. The molecule has 1 atom stereocenters. The molecule has 0 aliphatic carbocycles. The zero-order valence-corrected chi connectivity index (χ0v) is 10.0. The fourth-order valence-electron chi connectivity index (χ4n) is 1.49. The van der Waals surface area contributed by atoms with Gasteiger partial charge in [-0.2, -0.15) is 0 Å². The van der Waals surface area contributed by atoms with E-state index in [9.17, 15) is 5.11 Å². The first-order valence-corrected chi connectivity index (χ1v) is 5.82. The van der Waals surface area contributed by atoms with Crippen molar-refractivity contribution in [2.24, 2.45) is 0 Å². The highest BCUT2D eigenvalue weighted by atomic mass is 16.3. The van der Waals surface area contributed by atoms with Gasteiger partial charge in [-0.05, 0) is 25.3 Å². The molecule has 0 aliphatic heterocycles. The highest BCUT2D eigenvalue weighted by Crippen LogP contribution is 2.09. The topological polar surface area (TPSA) is 24.7 Å². The number of rotatable bonds is 4. The molecular formula is C14H20NO+. The molecule has 1 aromatic carbocycles. The van der Waals surface area contributed by atoms with Crippen molar-refractivity contribution in [1.29, 1.82) is 0 Å². The molecule has 2 N–H and O–H groups in total. The van der Waals surface area contributed by atoms with Gasteiger partial charge in [0.05, 0.1) is 13.1 Å². The minimum Gasteiger partial charge on any atom is -0.376 e. The lowest BCUT2D eigenvalue weighted by molar-refractivity contribution is -0.889. The van der Waals surface area contributed by atoms with Crippen LogP contribution in [0, 0.1) is 11.8 Å². The second-order valence-corrected chi connectivity index (χ2v) is 3.77. The van der Waals surface area contributed by atoms with E-state index in [1.807, 2.05) is 30.3 Å². The van der Waals surface area contributed by atoms with Crippen LogP contribution in [0.25, 0.3) is 0 Å². The summed E-state index contributed by atoms with van der Waals surface area (Å²) < 4.78 is 0. The summed E-state index contributed by atoms with van der Waals surface area (Å²) in [5, 5.41) is 9.80. The van der Waals surface area contributed by atoms with Crippen LogP contribution in [-0.2, 0) is 0 Å². The number of aliphatic hydroxyl groups excluding tert-OH is 1. The first-order chi connectivity index (χ1) is 7.77. The Kier molecular flexibility index (Phi) is 5.63. The van der Waals surface area contributed by atoms with E-state index in [1.165, 1.54) is 4.90 Å². The average molecular weight is 218 g/mol. The monoisotopic (exact) mass is 218 g/mol. The smallest absolute Gasteiger partial charge is 0.140 e. The third kappa shape index (κ3) is 4.06. The Hall–Kier alpha value is -1.30. The summed E-state index contributed by atoms with van der Waals surface area (Å²) in [5.41, 5.74) is 0.865. The van der Waals surface area contributed by atoms with E-state index in [4.69, 9.17) is 0 Å². The molecule has 0 saturated carbocycles. The summed E-state index contributed by atoms with van der Waals surface area (Å²) in [5.74, 6) is 5.93. The van der Waals surface area contributed by atoms with E-state index < -0.39 is 6.10 Å². The van der Waals surface area contributed by atoms with Crippen molar-refractivity contribution < 1.29 is 10.0 Å². The average Bonchev–Trinajstić information content (AvgIpc) is 2.35. The van der Waals surface area contributed by atoms with Crippen molar-refractivity contribution in [3.63, 3.8) is 0 Å². The van der Waals surface area contributed by atoms with E-state index in [0.717, 1.165) is 25.2 Å². The third-order valence-electron chi connectivity index (χ3n) is 2.69. The standard InChI is InChI=1S/C14H19NO/c1-3-15(4-2)12-8-11-14(16)13-9-6-5-7-10-13/h5-7,9-10,14,16H,3-4,12H2,1-2H3/p+1/t14-/m1/s1. The Morgan fingerprint density at radius 2 is 1.81 bits per heavy atom. The van der Waals surface area contributed by atoms with Crippen LogP contribution in [0.1, 0.15) is 25.5 Å². The number of nitrogens with one attached hydrogen (secondary N) is 1. The predicted molar refractivity (Wildman–Crippen MR) is 66.1 cm³/mol. The Morgan fingerprint density at radius 3 is 2.38 bits per heavy atom. The highest BCUT2D eigenvalue weighted by Gasteiger charge is 2.02. The number of hydrogen-bond acceptors (Lipinski definition) is 1. The van der Waals surface area contributed by atoms with Gasteiger partial charge in [0.15, 0.2) is 0 Å². The van der Waals surface area contributed by atoms with Crippen molar-refractivity contribution >= 4 is 0 Å². The fraction of sp³-hybridized carbons (Fsp3) is 0.429. The Morgan fingerprint density at radius 1 is 1.19 bits per heavy atom. The maximum Gasteiger partial charge on any atom is 0.140 e. The second-order valence-electron chi connectivity index (χ2n) is 3.77. The third-order valence-corrected chi connectivity index (χ3v) is 2.69. The zero-order chi connectivity index (χ0) is 11.8. The lowest BCUT2D eigenvalue weighted by atomic mass is 10.1. The van der Waals surface area contributed by atoms with E-state index in [-0.39, 0.29) is 0 Å². The summed E-state index contributed by atoms with van der Waals surface area (Å²) in [7, 11) is 0. The maximum atomic E-state index is 9.80. The van der Waals surface area contributed by atoms with Gasteiger partial charge in [-0.3, -0.25) is 0 Å². The van der Waals surface area contributed by atoms with Gasteiger partial charge in [-0.25, -0.2) is 0 Å².